The van der Waals surface area contributed by atoms with E-state index in [-0.39, 0.29) is 0 Å². The van der Waals surface area contributed by atoms with Gasteiger partial charge in [-0.15, -0.1) is 0 Å². The first-order chi connectivity index (χ1) is 10.1. The third kappa shape index (κ3) is 10.1. The molecule has 0 aromatic heterocycles. The van der Waals surface area contributed by atoms with Gasteiger partial charge in [-0.25, -0.2) is 0 Å². The third-order valence-corrected chi connectivity index (χ3v) is 3.36. The molecule has 0 radical (unpaired) electrons. The first-order valence-corrected chi connectivity index (χ1v) is 8.18. The molecule has 0 saturated heterocycles. The van der Waals surface area contributed by atoms with E-state index in [1.54, 1.807) is 0 Å². The molecule has 0 spiro atoms. The molecule has 2 unspecified atom stereocenters. The van der Waals surface area contributed by atoms with E-state index in [1.807, 2.05) is 30.3 Å². The monoisotopic (exact) mass is 291 g/mol. The van der Waals surface area contributed by atoms with Crippen molar-refractivity contribution in [2.75, 3.05) is 6.61 Å². The Hall–Kier alpha value is -1.28. The van der Waals surface area contributed by atoms with Gasteiger partial charge >= 0.3 is 0 Å². The number of ether oxygens (including phenoxy) is 1. The lowest BCUT2D eigenvalue weighted by molar-refractivity contribution is 0.317. The minimum Gasteiger partial charge on any atom is -0.494 e. The molecule has 21 heavy (non-hydrogen) atoms. The number of hydrogen-bond acceptors (Lipinski definition) is 2. The first-order valence-electron chi connectivity index (χ1n) is 8.18. The van der Waals surface area contributed by atoms with Crippen LogP contribution in [0.1, 0.15) is 59.4 Å². The summed E-state index contributed by atoms with van der Waals surface area (Å²) >= 11 is 0. The second-order valence-corrected chi connectivity index (χ2v) is 5.41. The third-order valence-electron chi connectivity index (χ3n) is 3.36. The zero-order valence-corrected chi connectivity index (χ0v) is 14.5. The second-order valence-electron chi connectivity index (χ2n) is 5.41. The quantitative estimate of drug-likeness (QED) is 0.702. The SMILES string of the molecule is C=Cc1cccc(OCCC)c1.CCC(C)NC(C)CC. The van der Waals surface area contributed by atoms with Gasteiger partial charge in [0.2, 0.25) is 0 Å². The Bertz CT molecular complexity index is 368. The summed E-state index contributed by atoms with van der Waals surface area (Å²) in [5, 5.41) is 3.48. The molecule has 2 atom stereocenters. The Morgan fingerprint density at radius 1 is 1.14 bits per heavy atom. The molecule has 0 heterocycles. The molecule has 0 amide bonds. The summed E-state index contributed by atoms with van der Waals surface area (Å²) in [6.07, 6.45) is 5.31. The van der Waals surface area contributed by atoms with E-state index in [9.17, 15) is 0 Å². The van der Waals surface area contributed by atoms with Crippen molar-refractivity contribution >= 4 is 6.08 Å². The highest BCUT2D eigenvalue weighted by Gasteiger charge is 2.01. The normalized spacial score (nSPS) is 12.8. The predicted molar refractivity (Wildman–Crippen MR) is 95.0 cm³/mol. The number of nitrogens with one attached hydrogen (secondary N) is 1. The molecule has 0 aliphatic carbocycles. The summed E-state index contributed by atoms with van der Waals surface area (Å²) < 4.78 is 5.45. The van der Waals surface area contributed by atoms with Crippen molar-refractivity contribution < 1.29 is 4.74 Å². The molecule has 0 saturated carbocycles. The summed E-state index contributed by atoms with van der Waals surface area (Å²) in [4.78, 5) is 0. The Balaban J connectivity index is 0.000000400. The molecule has 0 fully saturated rings. The maximum atomic E-state index is 5.45. The topological polar surface area (TPSA) is 21.3 Å². The van der Waals surface area contributed by atoms with E-state index in [1.165, 1.54) is 12.8 Å². The van der Waals surface area contributed by atoms with Crippen molar-refractivity contribution in [3.05, 3.63) is 36.4 Å². The zero-order valence-electron chi connectivity index (χ0n) is 14.5. The van der Waals surface area contributed by atoms with Crippen LogP contribution in [0.5, 0.6) is 5.75 Å². The molecule has 120 valence electrons. The predicted octanol–water partition coefficient (Wildman–Crippen LogP) is 5.29. The standard InChI is InChI=1S/C11H14O.C8H19N/c1-3-8-12-11-7-5-6-10(4-2)9-11;1-5-7(3)9-8(4)6-2/h4-7,9H,2-3,8H2,1H3;7-9H,5-6H2,1-4H3. The highest BCUT2D eigenvalue weighted by Crippen LogP contribution is 2.13. The van der Waals surface area contributed by atoms with Gasteiger partial charge in [-0.1, -0.05) is 45.6 Å². The minimum atomic E-state index is 0.681. The fourth-order valence-electron chi connectivity index (χ4n) is 1.67. The van der Waals surface area contributed by atoms with Crippen molar-refractivity contribution in [2.24, 2.45) is 0 Å². The molecule has 0 aliphatic rings. The van der Waals surface area contributed by atoms with Crippen LogP contribution in [0, 0.1) is 0 Å². The van der Waals surface area contributed by atoms with E-state index in [0.717, 1.165) is 24.3 Å². The largest absolute Gasteiger partial charge is 0.494 e. The van der Waals surface area contributed by atoms with Crippen LogP contribution in [-0.2, 0) is 0 Å². The van der Waals surface area contributed by atoms with Gasteiger partial charge in [0.1, 0.15) is 5.75 Å². The molecule has 1 N–H and O–H groups in total. The van der Waals surface area contributed by atoms with Gasteiger partial charge < -0.3 is 10.1 Å². The molecular weight excluding hydrogens is 258 g/mol. The zero-order chi connectivity index (χ0) is 16.1. The lowest BCUT2D eigenvalue weighted by Crippen LogP contribution is -2.33. The van der Waals surface area contributed by atoms with Crippen molar-refractivity contribution in [3.63, 3.8) is 0 Å². The highest BCUT2D eigenvalue weighted by atomic mass is 16.5. The Morgan fingerprint density at radius 3 is 2.24 bits per heavy atom. The summed E-state index contributed by atoms with van der Waals surface area (Å²) in [5.74, 6) is 0.925. The van der Waals surface area contributed by atoms with E-state index < -0.39 is 0 Å². The molecule has 1 aromatic rings. The van der Waals surface area contributed by atoms with Crippen LogP contribution in [0.3, 0.4) is 0 Å². The van der Waals surface area contributed by atoms with Gasteiger partial charge in [-0.05, 0) is 50.8 Å². The van der Waals surface area contributed by atoms with Crippen molar-refractivity contribution in [1.82, 2.24) is 5.32 Å². The van der Waals surface area contributed by atoms with Crippen LogP contribution in [0.2, 0.25) is 0 Å². The summed E-state index contributed by atoms with van der Waals surface area (Å²) in [6, 6.07) is 9.29. The van der Waals surface area contributed by atoms with Gasteiger partial charge in [0.05, 0.1) is 6.61 Å². The summed E-state index contributed by atoms with van der Waals surface area (Å²) in [7, 11) is 0. The Morgan fingerprint density at radius 2 is 1.76 bits per heavy atom. The van der Waals surface area contributed by atoms with Gasteiger partial charge in [0, 0.05) is 12.1 Å². The van der Waals surface area contributed by atoms with Crippen LogP contribution >= 0.6 is 0 Å². The lowest BCUT2D eigenvalue weighted by atomic mass is 10.2. The molecule has 1 rings (SSSR count). The number of benzene rings is 1. The maximum Gasteiger partial charge on any atom is 0.119 e. The van der Waals surface area contributed by atoms with Gasteiger partial charge in [-0.2, -0.15) is 0 Å². The van der Waals surface area contributed by atoms with Crippen LogP contribution in [-0.4, -0.2) is 18.7 Å². The van der Waals surface area contributed by atoms with Crippen molar-refractivity contribution in [3.8, 4) is 5.75 Å². The molecule has 0 aliphatic heterocycles. The molecule has 0 bridgehead atoms. The highest BCUT2D eigenvalue weighted by molar-refractivity contribution is 5.49. The van der Waals surface area contributed by atoms with Crippen LogP contribution < -0.4 is 10.1 Å². The summed E-state index contributed by atoms with van der Waals surface area (Å²) in [6.45, 7) is 15.4. The molecule has 2 heteroatoms. The van der Waals surface area contributed by atoms with Gasteiger partial charge in [0.25, 0.3) is 0 Å². The summed E-state index contributed by atoms with van der Waals surface area (Å²) in [5.41, 5.74) is 1.10. The van der Waals surface area contributed by atoms with Crippen LogP contribution in [0.4, 0.5) is 0 Å². The molecular formula is C19H33NO. The Labute approximate surface area is 131 Å². The smallest absolute Gasteiger partial charge is 0.119 e. The fourth-order valence-corrected chi connectivity index (χ4v) is 1.67. The number of rotatable bonds is 8. The molecule has 1 aromatic carbocycles. The van der Waals surface area contributed by atoms with E-state index in [4.69, 9.17) is 4.74 Å². The maximum absolute atomic E-state index is 5.45. The number of hydrogen-bond donors (Lipinski definition) is 1. The van der Waals surface area contributed by atoms with E-state index in [0.29, 0.717) is 12.1 Å². The van der Waals surface area contributed by atoms with Crippen LogP contribution in [0.15, 0.2) is 30.8 Å². The second kappa shape index (κ2) is 12.5. The fraction of sp³-hybridized carbons (Fsp3) is 0.579. The first kappa shape index (κ1) is 19.7. The average molecular weight is 291 g/mol. The van der Waals surface area contributed by atoms with E-state index in [2.05, 4.69) is 46.5 Å². The van der Waals surface area contributed by atoms with Gasteiger partial charge in [0.15, 0.2) is 0 Å². The average Bonchev–Trinajstić information content (AvgIpc) is 2.53. The van der Waals surface area contributed by atoms with Gasteiger partial charge in [-0.3, -0.25) is 0 Å². The van der Waals surface area contributed by atoms with Crippen molar-refractivity contribution in [1.29, 1.82) is 0 Å². The minimum absolute atomic E-state index is 0.681. The van der Waals surface area contributed by atoms with Crippen molar-refractivity contribution in [2.45, 2.75) is 66.0 Å². The lowest BCUT2D eigenvalue weighted by Gasteiger charge is -2.16. The molecule has 2 nitrogen and oxygen atoms in total. The van der Waals surface area contributed by atoms with E-state index >= 15 is 0 Å². The Kier molecular flexibility index (Phi) is 11.7. The van der Waals surface area contributed by atoms with Crippen LogP contribution in [0.25, 0.3) is 6.08 Å².